The highest BCUT2D eigenvalue weighted by Crippen LogP contribution is 2.54. The molecule has 6 aromatic rings. The van der Waals surface area contributed by atoms with E-state index in [0.717, 1.165) is 51.5 Å². The molecule has 0 atom stereocenters. The van der Waals surface area contributed by atoms with E-state index in [1.54, 1.807) is 59.6 Å². The predicted molar refractivity (Wildman–Crippen MR) is 249 cm³/mol. The Labute approximate surface area is 370 Å². The van der Waals surface area contributed by atoms with E-state index in [9.17, 15) is 9.59 Å². The van der Waals surface area contributed by atoms with Gasteiger partial charge in [-0.3, -0.25) is 9.59 Å². The van der Waals surface area contributed by atoms with Crippen LogP contribution in [0.5, 0.6) is 23.0 Å². The van der Waals surface area contributed by atoms with Crippen molar-refractivity contribution < 1.29 is 38.0 Å². The first-order valence-corrected chi connectivity index (χ1v) is 23.4. The fourth-order valence-corrected chi connectivity index (χ4v) is 12.8. The average molecular weight is 887 g/mol. The summed E-state index contributed by atoms with van der Waals surface area (Å²) in [7, 11) is 3.32. The Morgan fingerprint density at radius 3 is 1.20 bits per heavy atom. The maximum absolute atomic E-state index is 13.0. The van der Waals surface area contributed by atoms with E-state index in [0.29, 0.717) is 36.2 Å². The molecule has 318 valence electrons. The molecule has 4 aromatic heterocycles. The first-order valence-electron chi connectivity index (χ1n) is 20.2. The highest BCUT2D eigenvalue weighted by atomic mass is 32.1. The zero-order valence-corrected chi connectivity index (χ0v) is 39.8. The van der Waals surface area contributed by atoms with E-state index >= 15 is 0 Å². The molecule has 0 amide bonds. The molecule has 12 heteroatoms. The molecular formula is C48H54O8S4. The molecule has 0 saturated carbocycles. The molecule has 0 aliphatic carbocycles. The van der Waals surface area contributed by atoms with Gasteiger partial charge in [-0.25, -0.2) is 0 Å². The number of methoxy groups -OCH3 is 2. The summed E-state index contributed by atoms with van der Waals surface area (Å²) in [5.41, 5.74) is 8.22. The first-order chi connectivity index (χ1) is 28.7. The minimum atomic E-state index is -0.280. The van der Waals surface area contributed by atoms with Crippen LogP contribution in [0.3, 0.4) is 0 Å². The molecule has 0 N–H and O–H groups in total. The third-order valence-electron chi connectivity index (χ3n) is 10.0. The summed E-state index contributed by atoms with van der Waals surface area (Å²) >= 11 is 6.85. The Morgan fingerprint density at radius 1 is 0.517 bits per heavy atom. The predicted octanol–water partition coefficient (Wildman–Crippen LogP) is 13.3. The molecule has 0 aliphatic heterocycles. The average Bonchev–Trinajstić information content (AvgIpc) is 3.95. The standard InChI is InChI=1S/C48H54O8S4/c1-13-53-39(49)23-31-21-37(57-47(31)41-33(51-11)17-15-19-35(41)55-25(3)4)43-27(7)29(9)45(59-43)46-30(10)28(8)44(60-46)38-22-32(24-40(50)54-14-2)48(58-38)42-34(52-12)18-16-20-36(42)56-26(5)6/h15-22,25-26H,13-14,23-24H2,1-12H3. The van der Waals surface area contributed by atoms with Gasteiger partial charge in [-0.05, 0) is 139 Å². The minimum absolute atomic E-state index is 0.0571. The third kappa shape index (κ3) is 9.32. The highest BCUT2D eigenvalue weighted by molar-refractivity contribution is 7.29. The molecule has 0 radical (unpaired) electrons. The van der Waals surface area contributed by atoms with Gasteiger partial charge < -0.3 is 28.4 Å². The normalized spacial score (nSPS) is 11.4. The molecule has 0 unspecified atom stereocenters. The number of carbonyl (C=O) groups is 2. The smallest absolute Gasteiger partial charge is 0.310 e. The van der Waals surface area contributed by atoms with Crippen molar-refractivity contribution in [2.45, 2.75) is 94.3 Å². The Kier molecular flexibility index (Phi) is 14.5. The van der Waals surface area contributed by atoms with Crippen LogP contribution in [-0.4, -0.2) is 51.6 Å². The van der Waals surface area contributed by atoms with Gasteiger partial charge in [-0.1, -0.05) is 12.1 Å². The van der Waals surface area contributed by atoms with Gasteiger partial charge in [0.2, 0.25) is 0 Å². The SMILES string of the molecule is CCOC(=O)Cc1cc(-c2sc(-c3sc(-c4cc(CC(=O)OCC)c(-c5c(OC)cccc5OC(C)C)s4)c(C)c3C)c(C)c2C)sc1-c1c(OC)cccc1OC(C)C. The number of ether oxygens (including phenoxy) is 6. The van der Waals surface area contributed by atoms with Crippen molar-refractivity contribution >= 4 is 57.3 Å². The monoisotopic (exact) mass is 886 g/mol. The second kappa shape index (κ2) is 19.4. The van der Waals surface area contributed by atoms with Crippen LogP contribution in [0.15, 0.2) is 48.5 Å². The van der Waals surface area contributed by atoms with Crippen molar-refractivity contribution in [3.63, 3.8) is 0 Å². The molecule has 2 aromatic carbocycles. The highest BCUT2D eigenvalue weighted by Gasteiger charge is 2.28. The van der Waals surface area contributed by atoms with E-state index < -0.39 is 0 Å². The molecule has 4 heterocycles. The van der Waals surface area contributed by atoms with Crippen LogP contribution < -0.4 is 18.9 Å². The summed E-state index contributed by atoms with van der Waals surface area (Å²) in [6.07, 6.45) is 0.141. The summed E-state index contributed by atoms with van der Waals surface area (Å²) in [5, 5.41) is 0. The van der Waals surface area contributed by atoms with Crippen molar-refractivity contribution in [2.75, 3.05) is 27.4 Å². The van der Waals surface area contributed by atoms with Gasteiger partial charge in [0.1, 0.15) is 23.0 Å². The van der Waals surface area contributed by atoms with E-state index in [1.807, 2.05) is 77.9 Å². The van der Waals surface area contributed by atoms with Crippen LogP contribution >= 0.6 is 45.3 Å². The van der Waals surface area contributed by atoms with E-state index in [1.165, 1.54) is 32.0 Å². The number of carbonyl (C=O) groups excluding carboxylic acids is 2. The molecule has 8 nitrogen and oxygen atoms in total. The fourth-order valence-electron chi connectivity index (χ4n) is 7.11. The second-order valence-corrected chi connectivity index (χ2v) is 19.1. The largest absolute Gasteiger partial charge is 0.496 e. The number of esters is 2. The van der Waals surface area contributed by atoms with Crippen LogP contribution in [0.1, 0.15) is 74.9 Å². The Morgan fingerprint density at radius 2 is 0.867 bits per heavy atom. The quantitative estimate of drug-likeness (QED) is 0.0837. The molecule has 0 spiro atoms. The van der Waals surface area contributed by atoms with Crippen LogP contribution in [0.2, 0.25) is 0 Å². The fraction of sp³-hybridized carbons (Fsp3) is 0.375. The van der Waals surface area contributed by atoms with Crippen molar-refractivity contribution in [2.24, 2.45) is 0 Å². The van der Waals surface area contributed by atoms with E-state index in [-0.39, 0.29) is 37.0 Å². The van der Waals surface area contributed by atoms with Gasteiger partial charge in [-0.15, -0.1) is 45.3 Å². The van der Waals surface area contributed by atoms with Gasteiger partial charge in [0.25, 0.3) is 0 Å². The zero-order valence-electron chi connectivity index (χ0n) is 36.5. The lowest BCUT2D eigenvalue weighted by Crippen LogP contribution is -2.09. The lowest BCUT2D eigenvalue weighted by molar-refractivity contribution is -0.143. The Hall–Kier alpha value is -4.62. The van der Waals surface area contributed by atoms with E-state index in [2.05, 4.69) is 39.8 Å². The topological polar surface area (TPSA) is 89.5 Å². The van der Waals surface area contributed by atoms with Crippen LogP contribution in [0, 0.1) is 27.7 Å². The molecule has 60 heavy (non-hydrogen) atoms. The van der Waals surface area contributed by atoms with Crippen LogP contribution in [0.4, 0.5) is 0 Å². The number of rotatable bonds is 17. The number of hydrogen-bond donors (Lipinski definition) is 0. The maximum Gasteiger partial charge on any atom is 0.310 e. The maximum atomic E-state index is 13.0. The van der Waals surface area contributed by atoms with Crippen molar-refractivity contribution in [1.82, 2.24) is 0 Å². The molecule has 0 saturated heterocycles. The lowest BCUT2D eigenvalue weighted by Gasteiger charge is -2.17. The zero-order chi connectivity index (χ0) is 43.4. The second-order valence-electron chi connectivity index (χ2n) is 14.9. The first kappa shape index (κ1) is 44.9. The van der Waals surface area contributed by atoms with Gasteiger partial charge in [0.05, 0.1) is 63.6 Å². The molecular weight excluding hydrogens is 833 g/mol. The third-order valence-corrected chi connectivity index (χ3v) is 15.7. The van der Waals surface area contributed by atoms with Gasteiger partial charge in [-0.2, -0.15) is 0 Å². The molecule has 6 rings (SSSR count). The summed E-state index contributed by atoms with van der Waals surface area (Å²) in [6.45, 7) is 21.0. The summed E-state index contributed by atoms with van der Waals surface area (Å²) in [6, 6.07) is 15.9. The van der Waals surface area contributed by atoms with E-state index in [4.69, 9.17) is 28.4 Å². The van der Waals surface area contributed by atoms with Crippen molar-refractivity contribution in [1.29, 1.82) is 0 Å². The van der Waals surface area contributed by atoms with Gasteiger partial charge in [0, 0.05) is 39.0 Å². The Bertz CT molecular complexity index is 2320. The van der Waals surface area contributed by atoms with Crippen molar-refractivity contribution in [3.05, 3.63) is 81.9 Å². The molecule has 0 aliphatic rings. The van der Waals surface area contributed by atoms with Gasteiger partial charge in [0.15, 0.2) is 0 Å². The van der Waals surface area contributed by atoms with Crippen LogP contribution in [-0.2, 0) is 31.9 Å². The summed E-state index contributed by atoms with van der Waals surface area (Å²) in [4.78, 5) is 34.8. The van der Waals surface area contributed by atoms with Crippen LogP contribution in [0.25, 0.3) is 50.1 Å². The summed E-state index contributed by atoms with van der Waals surface area (Å²) in [5.74, 6) is 2.21. The summed E-state index contributed by atoms with van der Waals surface area (Å²) < 4.78 is 35.3. The number of benzene rings is 2. The van der Waals surface area contributed by atoms with Gasteiger partial charge >= 0.3 is 11.9 Å². The Balaban J connectivity index is 1.48. The number of hydrogen-bond acceptors (Lipinski definition) is 12. The minimum Gasteiger partial charge on any atom is -0.496 e. The van der Waals surface area contributed by atoms with Crippen molar-refractivity contribution in [3.8, 4) is 73.1 Å². The lowest BCUT2D eigenvalue weighted by atomic mass is 10.0. The molecule has 0 fully saturated rings. The molecule has 0 bridgehead atoms. The number of thiophene rings is 4.